The van der Waals surface area contributed by atoms with E-state index >= 15 is 0 Å². The number of ether oxygens (including phenoxy) is 3. The molecular weight excluding hydrogens is 440 g/mol. The van der Waals surface area contributed by atoms with E-state index in [1.54, 1.807) is 18.4 Å². The third-order valence-corrected chi connectivity index (χ3v) is 6.62. The number of rotatable bonds is 13. The van der Waals surface area contributed by atoms with Crippen molar-refractivity contribution >= 4 is 28.2 Å². The Hall–Kier alpha value is -2.58. The van der Waals surface area contributed by atoms with Crippen LogP contribution < -0.4 is 20.1 Å². The number of fused-ring (bicyclic) bond motifs is 1. The normalized spacial score (nSPS) is 12.7. The van der Waals surface area contributed by atoms with E-state index in [1.807, 2.05) is 31.2 Å². The monoisotopic (exact) mass is 474 g/mol. The topological polar surface area (TPSA) is 85.9 Å². The maximum Gasteiger partial charge on any atom is 0.254 e. The molecule has 2 amide bonds. The van der Waals surface area contributed by atoms with Crippen molar-refractivity contribution in [1.29, 1.82) is 0 Å². The molecule has 0 saturated heterocycles. The van der Waals surface area contributed by atoms with Gasteiger partial charge in [-0.1, -0.05) is 12.1 Å². The fourth-order valence-corrected chi connectivity index (χ4v) is 5.15. The highest BCUT2D eigenvalue weighted by Crippen LogP contribution is 2.38. The van der Waals surface area contributed by atoms with Crippen LogP contribution in [0.2, 0.25) is 0 Å². The number of amides is 2. The fourth-order valence-electron chi connectivity index (χ4n) is 3.85. The van der Waals surface area contributed by atoms with Crippen LogP contribution in [0.15, 0.2) is 24.3 Å². The molecule has 0 atom stereocenters. The molecule has 0 unspecified atom stereocenters. The summed E-state index contributed by atoms with van der Waals surface area (Å²) in [4.78, 5) is 26.8. The first-order valence-electron chi connectivity index (χ1n) is 11.7. The Balaban J connectivity index is 1.55. The summed E-state index contributed by atoms with van der Waals surface area (Å²) in [5.74, 6) is 1.16. The summed E-state index contributed by atoms with van der Waals surface area (Å²) in [6.45, 7) is 4.05. The molecule has 0 saturated carbocycles. The molecule has 0 spiro atoms. The van der Waals surface area contributed by atoms with Crippen molar-refractivity contribution in [3.05, 3.63) is 40.3 Å². The Morgan fingerprint density at radius 2 is 1.79 bits per heavy atom. The molecule has 1 heterocycles. The van der Waals surface area contributed by atoms with Crippen molar-refractivity contribution in [3.8, 4) is 11.5 Å². The molecule has 0 aliphatic heterocycles. The number of aryl methyl sites for hydroxylation is 1. The van der Waals surface area contributed by atoms with Crippen molar-refractivity contribution in [2.24, 2.45) is 0 Å². The lowest BCUT2D eigenvalue weighted by molar-refractivity contribution is -0.116. The molecule has 33 heavy (non-hydrogen) atoms. The van der Waals surface area contributed by atoms with Gasteiger partial charge in [-0.2, -0.15) is 0 Å². The zero-order chi connectivity index (χ0) is 23.5. The van der Waals surface area contributed by atoms with Gasteiger partial charge in [-0.3, -0.25) is 9.59 Å². The standard InChI is InChI=1S/C25H34N2O5S/c1-3-31-19-11-5-6-12-20(19)32-17-8-14-22(28)27-25-23(24(29)26-15-9-16-30-2)18-10-4-7-13-21(18)33-25/h5-6,11-12H,3-4,7-10,13-17H2,1-2H3,(H,26,29)(H,27,28). The number of thiophene rings is 1. The highest BCUT2D eigenvalue weighted by atomic mass is 32.1. The van der Waals surface area contributed by atoms with Gasteiger partial charge in [0.25, 0.3) is 5.91 Å². The van der Waals surface area contributed by atoms with Crippen molar-refractivity contribution in [2.75, 3.05) is 38.8 Å². The number of nitrogens with one attached hydrogen (secondary N) is 2. The van der Waals surface area contributed by atoms with Gasteiger partial charge in [-0.25, -0.2) is 0 Å². The predicted molar refractivity (Wildman–Crippen MR) is 131 cm³/mol. The predicted octanol–water partition coefficient (Wildman–Crippen LogP) is 4.59. The smallest absolute Gasteiger partial charge is 0.254 e. The molecule has 3 rings (SSSR count). The zero-order valence-electron chi connectivity index (χ0n) is 19.5. The van der Waals surface area contributed by atoms with Crippen LogP contribution in [0.1, 0.15) is 59.8 Å². The Labute approximate surface area is 199 Å². The Morgan fingerprint density at radius 1 is 1.03 bits per heavy atom. The average Bonchev–Trinajstić information content (AvgIpc) is 3.18. The third kappa shape index (κ3) is 7.20. The van der Waals surface area contributed by atoms with Crippen LogP contribution in [0.25, 0.3) is 0 Å². The molecule has 2 aromatic rings. The zero-order valence-corrected chi connectivity index (χ0v) is 20.4. The average molecular weight is 475 g/mol. The van der Waals surface area contributed by atoms with Crippen LogP contribution in [0.5, 0.6) is 11.5 Å². The van der Waals surface area contributed by atoms with Gasteiger partial charge < -0.3 is 24.8 Å². The molecule has 2 N–H and O–H groups in total. The summed E-state index contributed by atoms with van der Waals surface area (Å²) in [5.41, 5.74) is 1.74. The van der Waals surface area contributed by atoms with Crippen LogP contribution in [-0.2, 0) is 22.4 Å². The summed E-state index contributed by atoms with van der Waals surface area (Å²) in [6.07, 6.45) is 5.67. The van der Waals surface area contributed by atoms with E-state index in [0.717, 1.165) is 37.7 Å². The van der Waals surface area contributed by atoms with Crippen LogP contribution >= 0.6 is 11.3 Å². The van der Waals surface area contributed by atoms with Crippen molar-refractivity contribution in [1.82, 2.24) is 5.32 Å². The van der Waals surface area contributed by atoms with E-state index in [9.17, 15) is 9.59 Å². The van der Waals surface area contributed by atoms with Gasteiger partial charge in [0.1, 0.15) is 5.00 Å². The molecule has 1 aliphatic carbocycles. The lowest BCUT2D eigenvalue weighted by Crippen LogP contribution is -2.27. The van der Waals surface area contributed by atoms with Crippen LogP contribution in [0.4, 0.5) is 5.00 Å². The molecular formula is C25H34N2O5S. The van der Waals surface area contributed by atoms with Crippen LogP contribution in [0, 0.1) is 0 Å². The second kappa shape index (κ2) is 13.2. The van der Waals surface area contributed by atoms with Crippen molar-refractivity contribution in [3.63, 3.8) is 0 Å². The molecule has 8 heteroatoms. The first-order valence-corrected chi connectivity index (χ1v) is 12.5. The number of carbonyl (C=O) groups excluding carboxylic acids is 2. The fraction of sp³-hybridized carbons (Fsp3) is 0.520. The second-order valence-corrected chi connectivity index (χ2v) is 9.00. The van der Waals surface area contributed by atoms with Gasteiger partial charge in [0.2, 0.25) is 5.91 Å². The minimum Gasteiger partial charge on any atom is -0.490 e. The van der Waals surface area contributed by atoms with E-state index in [1.165, 1.54) is 4.88 Å². The molecule has 0 fully saturated rings. The largest absolute Gasteiger partial charge is 0.490 e. The van der Waals surface area contributed by atoms with Gasteiger partial charge in [-0.05, 0) is 63.1 Å². The number of hydrogen-bond donors (Lipinski definition) is 2. The minimum atomic E-state index is -0.114. The Morgan fingerprint density at radius 3 is 2.55 bits per heavy atom. The van der Waals surface area contributed by atoms with Gasteiger partial charge >= 0.3 is 0 Å². The van der Waals surface area contributed by atoms with E-state index in [2.05, 4.69) is 10.6 Å². The molecule has 1 aliphatic rings. The first-order chi connectivity index (χ1) is 16.1. The lowest BCUT2D eigenvalue weighted by atomic mass is 9.95. The Kier molecular flexibility index (Phi) is 10.0. The number of para-hydroxylation sites is 2. The SMILES string of the molecule is CCOc1ccccc1OCCCC(=O)Nc1sc2c(c1C(=O)NCCCOC)CCCC2. The van der Waals surface area contributed by atoms with Gasteiger partial charge in [0.15, 0.2) is 11.5 Å². The molecule has 0 bridgehead atoms. The lowest BCUT2D eigenvalue weighted by Gasteiger charge is -2.13. The summed E-state index contributed by atoms with van der Waals surface area (Å²) >= 11 is 1.54. The van der Waals surface area contributed by atoms with Crippen LogP contribution in [-0.4, -0.2) is 45.3 Å². The summed E-state index contributed by atoms with van der Waals surface area (Å²) in [7, 11) is 1.65. The number of hydrogen-bond acceptors (Lipinski definition) is 6. The second-order valence-electron chi connectivity index (χ2n) is 7.90. The van der Waals surface area contributed by atoms with Crippen molar-refractivity contribution < 1.29 is 23.8 Å². The molecule has 0 radical (unpaired) electrons. The highest BCUT2D eigenvalue weighted by Gasteiger charge is 2.26. The van der Waals surface area contributed by atoms with Gasteiger partial charge in [0.05, 0.1) is 18.8 Å². The number of methoxy groups -OCH3 is 1. The van der Waals surface area contributed by atoms with E-state index in [4.69, 9.17) is 14.2 Å². The molecule has 180 valence electrons. The number of anilines is 1. The van der Waals surface area contributed by atoms with Crippen LogP contribution in [0.3, 0.4) is 0 Å². The minimum absolute atomic E-state index is 0.108. The number of carbonyl (C=O) groups is 2. The Bertz CT molecular complexity index is 928. The summed E-state index contributed by atoms with van der Waals surface area (Å²) in [5, 5.41) is 6.63. The van der Waals surface area contributed by atoms with E-state index in [-0.39, 0.29) is 11.8 Å². The highest BCUT2D eigenvalue weighted by molar-refractivity contribution is 7.17. The number of benzene rings is 1. The van der Waals surface area contributed by atoms with Gasteiger partial charge in [0, 0.05) is 31.6 Å². The molecule has 7 nitrogen and oxygen atoms in total. The maximum atomic E-state index is 12.9. The molecule has 1 aromatic heterocycles. The first kappa shape index (κ1) is 25.1. The van der Waals surface area contributed by atoms with Crippen molar-refractivity contribution in [2.45, 2.75) is 51.9 Å². The van der Waals surface area contributed by atoms with E-state index < -0.39 is 0 Å². The summed E-state index contributed by atoms with van der Waals surface area (Å²) < 4.78 is 16.4. The van der Waals surface area contributed by atoms with E-state index in [0.29, 0.717) is 61.3 Å². The third-order valence-electron chi connectivity index (χ3n) is 5.42. The molecule has 1 aromatic carbocycles. The quantitative estimate of drug-likeness (QED) is 0.415. The maximum absolute atomic E-state index is 12.9. The summed E-state index contributed by atoms with van der Waals surface area (Å²) in [6, 6.07) is 7.52. The van der Waals surface area contributed by atoms with Gasteiger partial charge in [-0.15, -0.1) is 11.3 Å².